The maximum Gasteiger partial charge on any atom is 0.432 e. The van der Waals surface area contributed by atoms with Crippen molar-refractivity contribution in [1.82, 2.24) is 0 Å². The van der Waals surface area contributed by atoms with Crippen molar-refractivity contribution in [2.75, 3.05) is 0 Å². The summed E-state index contributed by atoms with van der Waals surface area (Å²) in [6, 6.07) is 8.86. The van der Waals surface area contributed by atoms with Crippen LogP contribution in [0.5, 0.6) is 5.75 Å². The normalized spacial score (nSPS) is 15.9. The SMILES string of the molecule is CCCc1ccc(C2=CC=C(c3cc(F)c(C(F)(F)Oc4cc(F)c(F)c(F)c4)c(F)c3)C(F)C2)cc1. The van der Waals surface area contributed by atoms with Gasteiger partial charge in [0.25, 0.3) is 0 Å². The Morgan fingerprint density at radius 1 is 0.811 bits per heavy atom. The number of benzene rings is 3. The second-order valence-corrected chi connectivity index (χ2v) is 8.57. The lowest BCUT2D eigenvalue weighted by atomic mass is 9.88. The van der Waals surface area contributed by atoms with E-state index in [9.17, 15) is 30.7 Å². The first-order chi connectivity index (χ1) is 17.5. The van der Waals surface area contributed by atoms with E-state index in [0.717, 1.165) is 24.0 Å². The Kier molecular flexibility index (Phi) is 7.43. The van der Waals surface area contributed by atoms with E-state index in [1.54, 1.807) is 6.08 Å². The summed E-state index contributed by atoms with van der Waals surface area (Å²) in [4.78, 5) is 0. The molecule has 0 saturated heterocycles. The van der Waals surface area contributed by atoms with Crippen LogP contribution < -0.4 is 4.74 Å². The van der Waals surface area contributed by atoms with Crippen LogP contribution in [0, 0.1) is 29.1 Å². The largest absolute Gasteiger partial charge is 0.432 e. The van der Waals surface area contributed by atoms with Crippen molar-refractivity contribution in [3.05, 3.63) is 112 Å². The van der Waals surface area contributed by atoms with E-state index in [1.165, 1.54) is 6.08 Å². The lowest BCUT2D eigenvalue weighted by molar-refractivity contribution is -0.189. The molecule has 3 aromatic carbocycles. The molecule has 0 saturated carbocycles. The molecule has 0 aliphatic heterocycles. The molecular weight excluding hydrogens is 504 g/mol. The molecule has 0 aromatic heterocycles. The lowest BCUT2D eigenvalue weighted by Crippen LogP contribution is -2.25. The van der Waals surface area contributed by atoms with Crippen molar-refractivity contribution >= 4 is 11.1 Å². The van der Waals surface area contributed by atoms with Crippen LogP contribution >= 0.6 is 0 Å². The lowest BCUT2D eigenvalue weighted by Gasteiger charge is -2.22. The van der Waals surface area contributed by atoms with Gasteiger partial charge in [-0.05, 0) is 46.4 Å². The molecule has 37 heavy (non-hydrogen) atoms. The zero-order valence-corrected chi connectivity index (χ0v) is 19.4. The van der Waals surface area contributed by atoms with Gasteiger partial charge in [-0.2, -0.15) is 8.78 Å². The molecule has 4 rings (SSSR count). The number of rotatable bonds is 7. The molecule has 0 fully saturated rings. The summed E-state index contributed by atoms with van der Waals surface area (Å²) in [6.07, 6.45) is -1.67. The molecule has 0 amide bonds. The minimum atomic E-state index is -4.73. The molecule has 0 heterocycles. The van der Waals surface area contributed by atoms with Crippen LogP contribution in [0.4, 0.5) is 35.1 Å². The van der Waals surface area contributed by atoms with Crippen molar-refractivity contribution in [3.63, 3.8) is 0 Å². The van der Waals surface area contributed by atoms with Gasteiger partial charge in [0.2, 0.25) is 0 Å². The van der Waals surface area contributed by atoms with Crippen LogP contribution in [0.15, 0.2) is 60.7 Å². The first kappa shape index (κ1) is 26.4. The first-order valence-corrected chi connectivity index (χ1v) is 11.4. The molecule has 194 valence electrons. The summed E-state index contributed by atoms with van der Waals surface area (Å²) in [5.41, 5.74) is 0.331. The van der Waals surface area contributed by atoms with E-state index >= 15 is 4.39 Å². The highest BCUT2D eigenvalue weighted by Crippen LogP contribution is 2.39. The molecular formula is C28H20F8O. The summed E-state index contributed by atoms with van der Waals surface area (Å²) >= 11 is 0. The highest BCUT2D eigenvalue weighted by atomic mass is 19.3. The van der Waals surface area contributed by atoms with Crippen LogP contribution in [-0.4, -0.2) is 6.17 Å². The minimum absolute atomic E-state index is 0.0923. The zero-order chi connectivity index (χ0) is 26.9. The summed E-state index contributed by atoms with van der Waals surface area (Å²) in [7, 11) is 0. The van der Waals surface area contributed by atoms with Gasteiger partial charge in [-0.25, -0.2) is 26.3 Å². The monoisotopic (exact) mass is 524 g/mol. The van der Waals surface area contributed by atoms with Crippen LogP contribution in [0.25, 0.3) is 11.1 Å². The van der Waals surface area contributed by atoms with E-state index in [0.29, 0.717) is 17.7 Å². The van der Waals surface area contributed by atoms with Crippen molar-refractivity contribution in [2.45, 2.75) is 38.5 Å². The van der Waals surface area contributed by atoms with E-state index < -0.39 is 52.7 Å². The number of halogens is 8. The third kappa shape index (κ3) is 5.55. The van der Waals surface area contributed by atoms with Gasteiger partial charge in [0.15, 0.2) is 17.5 Å². The predicted molar refractivity (Wildman–Crippen MR) is 123 cm³/mol. The highest BCUT2D eigenvalue weighted by molar-refractivity contribution is 5.80. The molecule has 1 aliphatic carbocycles. The fraction of sp³-hybridized carbons (Fsp3) is 0.214. The average molecular weight is 524 g/mol. The molecule has 0 spiro atoms. The van der Waals surface area contributed by atoms with Gasteiger partial charge in [0.1, 0.15) is 29.1 Å². The number of hydrogen-bond donors (Lipinski definition) is 0. The Bertz CT molecular complexity index is 1330. The highest BCUT2D eigenvalue weighted by Gasteiger charge is 2.42. The Labute approximate surface area is 207 Å². The minimum Gasteiger partial charge on any atom is -0.429 e. The number of allylic oxidation sites excluding steroid dienone is 4. The average Bonchev–Trinajstić information content (AvgIpc) is 2.82. The Morgan fingerprint density at radius 3 is 1.95 bits per heavy atom. The van der Waals surface area contributed by atoms with E-state index in [-0.39, 0.29) is 29.7 Å². The first-order valence-electron chi connectivity index (χ1n) is 11.4. The molecule has 3 aromatic rings. The van der Waals surface area contributed by atoms with Crippen molar-refractivity contribution in [1.29, 1.82) is 0 Å². The van der Waals surface area contributed by atoms with Crippen LogP contribution in [-0.2, 0) is 12.5 Å². The maximum atomic E-state index is 15.0. The van der Waals surface area contributed by atoms with E-state index in [1.807, 2.05) is 24.3 Å². The third-order valence-corrected chi connectivity index (χ3v) is 5.93. The fourth-order valence-corrected chi connectivity index (χ4v) is 4.14. The number of ether oxygens (including phenoxy) is 1. The fourth-order valence-electron chi connectivity index (χ4n) is 4.14. The van der Waals surface area contributed by atoms with Gasteiger partial charge < -0.3 is 4.74 Å². The quantitative estimate of drug-likeness (QED) is 0.222. The smallest absolute Gasteiger partial charge is 0.429 e. The Balaban J connectivity index is 1.61. The molecule has 1 atom stereocenters. The van der Waals surface area contributed by atoms with Crippen LogP contribution in [0.3, 0.4) is 0 Å². The molecule has 1 nitrogen and oxygen atoms in total. The van der Waals surface area contributed by atoms with E-state index in [2.05, 4.69) is 11.7 Å². The number of hydrogen-bond acceptors (Lipinski definition) is 1. The van der Waals surface area contributed by atoms with Crippen molar-refractivity contribution in [2.24, 2.45) is 0 Å². The van der Waals surface area contributed by atoms with Gasteiger partial charge in [-0.3, -0.25) is 0 Å². The zero-order valence-electron chi connectivity index (χ0n) is 19.4. The van der Waals surface area contributed by atoms with Gasteiger partial charge in [-0.1, -0.05) is 49.8 Å². The van der Waals surface area contributed by atoms with Crippen molar-refractivity contribution in [3.8, 4) is 5.75 Å². The molecule has 1 aliphatic rings. The maximum absolute atomic E-state index is 15.0. The molecule has 9 heteroatoms. The second-order valence-electron chi connectivity index (χ2n) is 8.57. The summed E-state index contributed by atoms with van der Waals surface area (Å²) in [6.45, 7) is 2.05. The summed E-state index contributed by atoms with van der Waals surface area (Å²) in [5.74, 6) is -10.3. The number of aryl methyl sites for hydroxylation is 1. The summed E-state index contributed by atoms with van der Waals surface area (Å²) < 4.78 is 117. The molecule has 0 N–H and O–H groups in total. The van der Waals surface area contributed by atoms with Gasteiger partial charge >= 0.3 is 6.11 Å². The van der Waals surface area contributed by atoms with Crippen LogP contribution in [0.1, 0.15) is 42.0 Å². The summed E-state index contributed by atoms with van der Waals surface area (Å²) in [5, 5.41) is 0. The van der Waals surface area contributed by atoms with Gasteiger partial charge in [0.05, 0.1) is 0 Å². The van der Waals surface area contributed by atoms with Gasteiger partial charge in [0, 0.05) is 18.6 Å². The standard InChI is InChI=1S/C28H20F8O/c1-2-3-15-4-6-16(7-5-15)17-8-9-20(21(29)10-17)18-11-22(30)26(23(31)12-18)28(35,36)37-19-13-24(32)27(34)25(33)14-19/h4-9,11-14,21H,2-3,10H2,1H3. The third-order valence-electron chi connectivity index (χ3n) is 5.93. The van der Waals surface area contributed by atoms with E-state index in [4.69, 9.17) is 0 Å². The van der Waals surface area contributed by atoms with Crippen LogP contribution in [0.2, 0.25) is 0 Å². The van der Waals surface area contributed by atoms with Crippen molar-refractivity contribution < 1.29 is 39.9 Å². The Hall–Kier alpha value is -3.62. The topological polar surface area (TPSA) is 9.23 Å². The molecule has 0 radical (unpaired) electrons. The molecule has 1 unspecified atom stereocenters. The predicted octanol–water partition coefficient (Wildman–Crippen LogP) is 8.67. The Morgan fingerprint density at radius 2 is 1.41 bits per heavy atom. The second kappa shape index (κ2) is 10.4. The molecule has 0 bridgehead atoms. The number of alkyl halides is 3. The van der Waals surface area contributed by atoms with Gasteiger partial charge in [-0.15, -0.1) is 0 Å².